The molecule has 3 nitrogen and oxygen atoms in total. The van der Waals surface area contributed by atoms with Crippen molar-refractivity contribution in [2.45, 2.75) is 0 Å². The van der Waals surface area contributed by atoms with Crippen LogP contribution in [0.3, 0.4) is 0 Å². The van der Waals surface area contributed by atoms with Crippen LogP contribution in [0.2, 0.25) is 0 Å². The Morgan fingerprint density at radius 2 is 2.11 bits per heavy atom. The van der Waals surface area contributed by atoms with E-state index in [1.807, 2.05) is 11.0 Å². The predicted molar refractivity (Wildman–Crippen MR) is 68.2 cm³/mol. The van der Waals surface area contributed by atoms with Crippen LogP contribution in [0, 0.1) is 5.82 Å². The van der Waals surface area contributed by atoms with Gasteiger partial charge in [0, 0.05) is 18.4 Å². The molecule has 1 N–H and O–H groups in total. The van der Waals surface area contributed by atoms with Crippen molar-refractivity contribution in [3.8, 4) is 0 Å². The fourth-order valence-corrected chi connectivity index (χ4v) is 2.06. The van der Waals surface area contributed by atoms with E-state index in [1.165, 1.54) is 12.1 Å². The number of pyridine rings is 1. The van der Waals surface area contributed by atoms with E-state index in [1.54, 1.807) is 30.5 Å². The number of aliphatic hydroxyl groups excluding tert-OH is 1. The number of hydrogen-bond acceptors (Lipinski definition) is 3. The van der Waals surface area contributed by atoms with Crippen LogP contribution in [0.15, 0.2) is 48.7 Å². The maximum atomic E-state index is 13.3. The van der Waals surface area contributed by atoms with Gasteiger partial charge in [0.05, 0.1) is 5.56 Å². The second-order valence-corrected chi connectivity index (χ2v) is 4.05. The highest BCUT2D eigenvalue weighted by Crippen LogP contribution is 2.33. The topological polar surface area (TPSA) is 36.4 Å². The minimum Gasteiger partial charge on any atom is -0.507 e. The molecule has 2 aromatic rings. The van der Waals surface area contributed by atoms with Crippen molar-refractivity contribution in [2.75, 3.05) is 11.4 Å². The molecule has 0 amide bonds. The van der Waals surface area contributed by atoms with Crippen LogP contribution in [0.5, 0.6) is 0 Å². The molecule has 3 rings (SSSR count). The molecule has 1 aliphatic rings. The minimum absolute atomic E-state index is 0.214. The Bertz CT molecular complexity index is 625. The van der Waals surface area contributed by atoms with Gasteiger partial charge in [-0.2, -0.15) is 0 Å². The Morgan fingerprint density at radius 3 is 2.94 bits per heavy atom. The summed E-state index contributed by atoms with van der Waals surface area (Å²) in [5.41, 5.74) is 1.38. The molecule has 18 heavy (non-hydrogen) atoms. The van der Waals surface area contributed by atoms with Crippen molar-refractivity contribution in [1.82, 2.24) is 4.98 Å². The zero-order chi connectivity index (χ0) is 12.5. The second kappa shape index (κ2) is 4.14. The minimum atomic E-state index is -0.288. The first-order valence-electron chi connectivity index (χ1n) is 5.63. The van der Waals surface area contributed by atoms with E-state index >= 15 is 0 Å². The Balaban J connectivity index is 2.11. The van der Waals surface area contributed by atoms with Gasteiger partial charge in [-0.1, -0.05) is 6.07 Å². The number of hydrogen-bond donors (Lipinski definition) is 1. The summed E-state index contributed by atoms with van der Waals surface area (Å²) in [5, 5.41) is 9.80. The Hall–Kier alpha value is -2.36. The van der Waals surface area contributed by atoms with E-state index in [9.17, 15) is 9.50 Å². The zero-order valence-electron chi connectivity index (χ0n) is 9.55. The monoisotopic (exact) mass is 242 g/mol. The highest BCUT2D eigenvalue weighted by atomic mass is 19.1. The van der Waals surface area contributed by atoms with Gasteiger partial charge in [-0.25, -0.2) is 9.37 Å². The van der Waals surface area contributed by atoms with Gasteiger partial charge in [-0.15, -0.1) is 0 Å². The number of benzene rings is 1. The maximum Gasteiger partial charge on any atom is 0.144 e. The Kier molecular flexibility index (Phi) is 2.48. The van der Waals surface area contributed by atoms with E-state index in [0.29, 0.717) is 17.9 Å². The van der Waals surface area contributed by atoms with E-state index in [4.69, 9.17) is 0 Å². The smallest absolute Gasteiger partial charge is 0.144 e. The summed E-state index contributed by atoms with van der Waals surface area (Å²) >= 11 is 0. The predicted octanol–water partition coefficient (Wildman–Crippen LogP) is 3.27. The van der Waals surface area contributed by atoms with Gasteiger partial charge in [0.1, 0.15) is 17.4 Å². The standard InChI is InChI=1S/C14H11FN2O/c15-10-3-1-4-11(9-10)17-8-6-13(18)12-5-2-7-16-14(12)17/h1-7,9,18H,8H2. The lowest BCUT2D eigenvalue weighted by Gasteiger charge is -2.27. The average Bonchev–Trinajstić information content (AvgIpc) is 2.39. The molecule has 1 aromatic carbocycles. The third kappa shape index (κ3) is 1.72. The first-order valence-corrected chi connectivity index (χ1v) is 5.63. The highest BCUT2D eigenvalue weighted by Gasteiger charge is 2.20. The molecule has 0 radical (unpaired) electrons. The van der Waals surface area contributed by atoms with Gasteiger partial charge >= 0.3 is 0 Å². The lowest BCUT2D eigenvalue weighted by Crippen LogP contribution is -2.23. The van der Waals surface area contributed by atoms with Crippen molar-refractivity contribution in [1.29, 1.82) is 0 Å². The number of nitrogens with zero attached hydrogens (tertiary/aromatic N) is 2. The molecule has 0 fully saturated rings. The number of aromatic nitrogens is 1. The third-order valence-corrected chi connectivity index (χ3v) is 2.91. The van der Waals surface area contributed by atoms with E-state index in [2.05, 4.69) is 4.98 Å². The lowest BCUT2D eigenvalue weighted by molar-refractivity contribution is 0.508. The van der Waals surface area contributed by atoms with Gasteiger partial charge < -0.3 is 10.0 Å². The number of halogens is 1. The van der Waals surface area contributed by atoms with Gasteiger partial charge in [-0.05, 0) is 36.4 Å². The molecule has 0 spiro atoms. The normalized spacial score (nSPS) is 14.1. The van der Waals surface area contributed by atoms with Crippen molar-refractivity contribution in [3.63, 3.8) is 0 Å². The first kappa shape index (κ1) is 10.8. The molecular formula is C14H11FN2O. The van der Waals surface area contributed by atoms with E-state index in [0.717, 1.165) is 5.69 Å². The molecule has 0 saturated heterocycles. The summed E-state index contributed by atoms with van der Waals surface area (Å²) in [6, 6.07) is 9.88. The molecule has 2 heterocycles. The molecular weight excluding hydrogens is 231 g/mol. The summed E-state index contributed by atoms with van der Waals surface area (Å²) in [6.07, 6.45) is 3.35. The molecule has 1 aromatic heterocycles. The largest absolute Gasteiger partial charge is 0.507 e. The second-order valence-electron chi connectivity index (χ2n) is 4.05. The Labute approximate surface area is 104 Å². The first-order chi connectivity index (χ1) is 8.75. The molecule has 0 aliphatic carbocycles. The lowest BCUT2D eigenvalue weighted by atomic mass is 10.1. The SMILES string of the molecule is OC1=CCN(c2cccc(F)c2)c2ncccc21. The summed E-state index contributed by atoms with van der Waals surface area (Å²) in [5.74, 6) is 0.567. The summed E-state index contributed by atoms with van der Waals surface area (Å²) in [4.78, 5) is 6.12. The quantitative estimate of drug-likeness (QED) is 0.833. The van der Waals surface area contributed by atoms with Crippen LogP contribution in [0.25, 0.3) is 5.76 Å². The molecule has 0 bridgehead atoms. The van der Waals surface area contributed by atoms with Crippen LogP contribution in [-0.2, 0) is 0 Å². The average molecular weight is 242 g/mol. The van der Waals surface area contributed by atoms with Crippen LogP contribution in [0.1, 0.15) is 5.56 Å². The number of aliphatic hydroxyl groups is 1. The maximum absolute atomic E-state index is 13.3. The fourth-order valence-electron chi connectivity index (χ4n) is 2.06. The van der Waals surface area contributed by atoms with E-state index in [-0.39, 0.29) is 11.6 Å². The van der Waals surface area contributed by atoms with Crippen molar-refractivity contribution in [2.24, 2.45) is 0 Å². The molecule has 0 atom stereocenters. The fraction of sp³-hybridized carbons (Fsp3) is 0.0714. The van der Waals surface area contributed by atoms with Crippen LogP contribution >= 0.6 is 0 Å². The zero-order valence-corrected chi connectivity index (χ0v) is 9.55. The third-order valence-electron chi connectivity index (χ3n) is 2.91. The number of rotatable bonds is 1. The van der Waals surface area contributed by atoms with Gasteiger partial charge in [0.15, 0.2) is 0 Å². The molecule has 90 valence electrons. The van der Waals surface area contributed by atoms with Gasteiger partial charge in [0.25, 0.3) is 0 Å². The molecule has 0 saturated carbocycles. The summed E-state index contributed by atoms with van der Waals surface area (Å²) in [6.45, 7) is 0.472. The number of anilines is 2. The van der Waals surface area contributed by atoms with Crippen molar-refractivity contribution >= 4 is 17.3 Å². The van der Waals surface area contributed by atoms with Crippen molar-refractivity contribution < 1.29 is 9.50 Å². The van der Waals surface area contributed by atoms with E-state index < -0.39 is 0 Å². The summed E-state index contributed by atoms with van der Waals surface area (Å²) in [7, 11) is 0. The molecule has 4 heteroatoms. The highest BCUT2D eigenvalue weighted by molar-refractivity contribution is 5.78. The van der Waals surface area contributed by atoms with Crippen LogP contribution in [-0.4, -0.2) is 16.6 Å². The summed E-state index contributed by atoms with van der Waals surface area (Å²) < 4.78 is 13.3. The van der Waals surface area contributed by atoms with Crippen LogP contribution < -0.4 is 4.90 Å². The Morgan fingerprint density at radius 1 is 1.22 bits per heavy atom. The van der Waals surface area contributed by atoms with Crippen LogP contribution in [0.4, 0.5) is 15.9 Å². The number of fused-ring (bicyclic) bond motifs is 1. The molecule has 1 aliphatic heterocycles. The van der Waals surface area contributed by atoms with Crippen molar-refractivity contribution in [3.05, 3.63) is 60.1 Å². The van der Waals surface area contributed by atoms with Gasteiger partial charge in [0.2, 0.25) is 0 Å². The van der Waals surface area contributed by atoms with Gasteiger partial charge in [-0.3, -0.25) is 0 Å². The molecule has 0 unspecified atom stereocenters.